The third kappa shape index (κ3) is 10.9. The highest BCUT2D eigenvalue weighted by Gasteiger charge is 2.37. The fourth-order valence-corrected chi connectivity index (χ4v) is 2.10. The van der Waals surface area contributed by atoms with E-state index in [0.29, 0.717) is 0 Å². The molecule has 1 amide bonds. The smallest absolute Gasteiger partial charge is 0.305 e. The van der Waals surface area contributed by atoms with Gasteiger partial charge in [0.1, 0.15) is 29.6 Å². The molecule has 0 aromatic carbocycles. The van der Waals surface area contributed by atoms with Gasteiger partial charge >= 0.3 is 17.9 Å². The highest BCUT2D eigenvalue weighted by Crippen LogP contribution is 2.16. The highest BCUT2D eigenvalue weighted by atomic mass is 127. The third-order valence-corrected chi connectivity index (χ3v) is 3.00. The Labute approximate surface area is 159 Å². The number of nitrogens with one attached hydrogen (secondary N) is 1. The van der Waals surface area contributed by atoms with Crippen LogP contribution >= 0.6 is 23.0 Å². The van der Waals surface area contributed by atoms with E-state index in [1.54, 1.807) is 6.92 Å². The van der Waals surface area contributed by atoms with Crippen LogP contribution in [0.1, 0.15) is 34.6 Å². The minimum atomic E-state index is -1.47. The Balaban J connectivity index is 5.30. The van der Waals surface area contributed by atoms with E-state index < -0.39 is 48.5 Å². The zero-order chi connectivity index (χ0) is 19.6. The fourth-order valence-electron chi connectivity index (χ4n) is 1.66. The molecule has 0 aromatic rings. The summed E-state index contributed by atoms with van der Waals surface area (Å²) >= 11 is 1.52. The second-order valence-electron chi connectivity index (χ2n) is 5.02. The van der Waals surface area contributed by atoms with Crippen molar-refractivity contribution in [1.82, 2.24) is 5.32 Å². The molecule has 3 atom stereocenters. The van der Waals surface area contributed by atoms with Crippen LogP contribution in [0, 0.1) is 0 Å². The summed E-state index contributed by atoms with van der Waals surface area (Å²) in [6.45, 7) is 6.24. The van der Waals surface area contributed by atoms with Crippen LogP contribution in [0.2, 0.25) is 0 Å². The van der Waals surface area contributed by atoms with Gasteiger partial charge in [0, 0.05) is 27.7 Å². The van der Waals surface area contributed by atoms with E-state index in [1.807, 2.05) is 0 Å². The van der Waals surface area contributed by atoms with Gasteiger partial charge in [0.25, 0.3) is 6.29 Å². The van der Waals surface area contributed by atoms with Crippen molar-refractivity contribution in [2.75, 3.05) is 6.61 Å². The molecule has 0 spiro atoms. The quantitative estimate of drug-likeness (QED) is 0.275. The summed E-state index contributed by atoms with van der Waals surface area (Å²) in [6, 6.07) is -1.15. The van der Waals surface area contributed by atoms with E-state index in [1.165, 1.54) is 36.9 Å². The lowest BCUT2D eigenvalue weighted by Gasteiger charge is -2.32. The van der Waals surface area contributed by atoms with Gasteiger partial charge in [-0.2, -0.15) is 0 Å². The topological polar surface area (TPSA) is 126 Å². The van der Waals surface area contributed by atoms with Crippen LogP contribution in [0.4, 0.5) is 0 Å². The van der Waals surface area contributed by atoms with Crippen molar-refractivity contribution in [3.05, 3.63) is 0 Å². The fraction of sp³-hybridized carbons (Fsp3) is 0.714. The van der Waals surface area contributed by atoms with Crippen LogP contribution in [0.15, 0.2) is 0 Å². The van der Waals surface area contributed by atoms with Gasteiger partial charge in [-0.05, 0) is 6.92 Å². The summed E-state index contributed by atoms with van der Waals surface area (Å²) in [5.41, 5.74) is 0. The average Bonchev–Trinajstić information content (AvgIpc) is 2.46. The minimum absolute atomic E-state index is 0.0651. The maximum Gasteiger partial charge on any atom is 0.305 e. The van der Waals surface area contributed by atoms with E-state index in [-0.39, 0.29) is 6.61 Å². The van der Waals surface area contributed by atoms with E-state index in [9.17, 15) is 19.2 Å². The first-order chi connectivity index (χ1) is 11.6. The minimum Gasteiger partial charge on any atom is -0.463 e. The number of halogens is 1. The van der Waals surface area contributed by atoms with Crippen molar-refractivity contribution in [2.45, 2.75) is 59.3 Å². The van der Waals surface area contributed by atoms with Crippen LogP contribution in [0.3, 0.4) is 0 Å². The Kier molecular flexibility index (Phi) is 11.3. The third-order valence-electron chi connectivity index (χ3n) is 2.50. The number of carbonyl (C=O) groups is 4. The number of carbonyl (C=O) groups excluding carboxylic acids is 4. The molecular weight excluding hydrogens is 453 g/mol. The molecule has 0 saturated carbocycles. The van der Waals surface area contributed by atoms with Gasteiger partial charge in [0.2, 0.25) is 5.91 Å². The Morgan fingerprint density at radius 1 is 0.920 bits per heavy atom. The lowest BCUT2D eigenvalue weighted by molar-refractivity contribution is -0.215. The number of rotatable bonds is 10. The summed E-state index contributed by atoms with van der Waals surface area (Å²) in [6.07, 6.45) is -3.26. The molecular formula is C14H22INO9. The SMILES string of the molecule is CC(=O)NC(C(OC(C)=O)OC(C)=O)C(OI)OC(C)COC(C)=O. The summed E-state index contributed by atoms with van der Waals surface area (Å²) in [4.78, 5) is 44.9. The maximum absolute atomic E-state index is 11.5. The van der Waals surface area contributed by atoms with E-state index in [4.69, 9.17) is 22.0 Å². The second kappa shape index (κ2) is 12.0. The molecule has 10 nitrogen and oxygen atoms in total. The molecule has 3 unspecified atom stereocenters. The Morgan fingerprint density at radius 2 is 1.44 bits per heavy atom. The van der Waals surface area contributed by atoms with Crippen molar-refractivity contribution in [3.8, 4) is 0 Å². The van der Waals surface area contributed by atoms with Gasteiger partial charge < -0.3 is 24.3 Å². The first-order valence-corrected chi connectivity index (χ1v) is 8.12. The number of esters is 3. The van der Waals surface area contributed by atoms with Crippen LogP contribution in [0.25, 0.3) is 0 Å². The van der Waals surface area contributed by atoms with Gasteiger partial charge in [-0.3, -0.25) is 22.2 Å². The van der Waals surface area contributed by atoms with Gasteiger partial charge in [-0.25, -0.2) is 0 Å². The van der Waals surface area contributed by atoms with E-state index >= 15 is 0 Å². The van der Waals surface area contributed by atoms with Crippen LogP contribution in [0.5, 0.6) is 0 Å². The largest absolute Gasteiger partial charge is 0.463 e. The average molecular weight is 475 g/mol. The van der Waals surface area contributed by atoms with Crippen LogP contribution in [-0.4, -0.2) is 55.1 Å². The molecule has 0 aliphatic carbocycles. The number of hydrogen-bond donors (Lipinski definition) is 1. The van der Waals surface area contributed by atoms with E-state index in [2.05, 4.69) is 5.32 Å². The van der Waals surface area contributed by atoms with Gasteiger partial charge in [-0.15, -0.1) is 0 Å². The zero-order valence-electron chi connectivity index (χ0n) is 14.6. The molecule has 0 aliphatic rings. The zero-order valence-corrected chi connectivity index (χ0v) is 16.7. The predicted molar refractivity (Wildman–Crippen MR) is 91.0 cm³/mol. The molecule has 0 radical (unpaired) electrons. The lowest BCUT2D eigenvalue weighted by Crippen LogP contribution is -2.55. The molecule has 0 fully saturated rings. The first kappa shape index (κ1) is 23.5. The first-order valence-electron chi connectivity index (χ1n) is 7.24. The number of amides is 1. The maximum atomic E-state index is 11.5. The van der Waals surface area contributed by atoms with Gasteiger partial charge in [0.15, 0.2) is 12.3 Å². The molecule has 0 saturated heterocycles. The Bertz CT molecular complexity index is 469. The summed E-state index contributed by atoms with van der Waals surface area (Å²) in [5.74, 6) is -2.45. The predicted octanol–water partition coefficient (Wildman–Crippen LogP) is 0.604. The molecule has 0 heterocycles. The van der Waals surface area contributed by atoms with Crippen LogP contribution < -0.4 is 5.32 Å². The van der Waals surface area contributed by atoms with Crippen molar-refractivity contribution in [1.29, 1.82) is 0 Å². The Hall–Kier alpha value is -1.47. The molecule has 0 aromatic heterocycles. The van der Waals surface area contributed by atoms with Crippen molar-refractivity contribution in [3.63, 3.8) is 0 Å². The molecule has 0 aliphatic heterocycles. The summed E-state index contributed by atoms with van der Waals surface area (Å²) < 4.78 is 25.4. The van der Waals surface area contributed by atoms with Crippen molar-refractivity contribution in [2.24, 2.45) is 0 Å². The second-order valence-corrected chi connectivity index (χ2v) is 5.53. The monoisotopic (exact) mass is 475 g/mol. The van der Waals surface area contributed by atoms with E-state index in [0.717, 1.165) is 13.8 Å². The number of ether oxygens (including phenoxy) is 4. The standard InChI is InChI=1S/C14H22INO9/c1-7(6-21-9(3)18)22-14(25-15)12(16-8(2)17)13(23-10(4)19)24-11(5)20/h7,12-14H,6H2,1-5H3,(H,16,17). The molecule has 11 heteroatoms. The van der Waals surface area contributed by atoms with Gasteiger partial charge in [-0.1, -0.05) is 0 Å². The molecule has 1 N–H and O–H groups in total. The van der Waals surface area contributed by atoms with Crippen molar-refractivity contribution >= 4 is 46.8 Å². The normalized spacial score (nSPS) is 14.2. The summed E-state index contributed by atoms with van der Waals surface area (Å²) in [7, 11) is 0. The molecule has 0 bridgehead atoms. The highest BCUT2D eigenvalue weighted by molar-refractivity contribution is 14.1. The summed E-state index contributed by atoms with van der Waals surface area (Å²) in [5, 5.41) is 2.46. The Morgan fingerprint density at radius 3 is 1.80 bits per heavy atom. The van der Waals surface area contributed by atoms with Crippen LogP contribution in [-0.2, 0) is 41.2 Å². The molecule has 25 heavy (non-hydrogen) atoms. The number of hydrogen-bond acceptors (Lipinski definition) is 9. The van der Waals surface area contributed by atoms with Crippen molar-refractivity contribution < 1.29 is 41.2 Å². The lowest BCUT2D eigenvalue weighted by atomic mass is 10.2. The molecule has 0 rings (SSSR count). The van der Waals surface area contributed by atoms with Gasteiger partial charge in [0.05, 0.1) is 6.10 Å². The molecule has 144 valence electrons.